The van der Waals surface area contributed by atoms with Gasteiger partial charge in [-0.1, -0.05) is 23.4 Å². The first-order valence-corrected chi connectivity index (χ1v) is 11.9. The van der Waals surface area contributed by atoms with Gasteiger partial charge in [0.2, 0.25) is 5.82 Å². The van der Waals surface area contributed by atoms with Gasteiger partial charge < -0.3 is 19.4 Å². The zero-order valence-electron chi connectivity index (χ0n) is 19.9. The lowest BCUT2D eigenvalue weighted by atomic mass is 10.0. The number of unbranched alkanes of at least 4 members (excludes halogenated alkanes) is 1. The summed E-state index contributed by atoms with van der Waals surface area (Å²) >= 11 is 0. The highest BCUT2D eigenvalue weighted by atomic mass is 16.5. The van der Waals surface area contributed by atoms with E-state index in [1.54, 1.807) is 19.1 Å². The SMILES string of the molecule is CC(=O)CCCCNC1CCc2c(-c3noc(-c4ccc(OC(C)C)c(C#N)c4)n3)cccc21. The van der Waals surface area contributed by atoms with Crippen molar-refractivity contribution in [3.63, 3.8) is 0 Å². The molecule has 7 heteroatoms. The lowest BCUT2D eigenvalue weighted by Crippen LogP contribution is -2.20. The van der Waals surface area contributed by atoms with E-state index < -0.39 is 0 Å². The predicted octanol–water partition coefficient (Wildman–Crippen LogP) is 5.40. The third-order valence-electron chi connectivity index (χ3n) is 5.99. The van der Waals surface area contributed by atoms with Gasteiger partial charge in [0.05, 0.1) is 11.7 Å². The van der Waals surface area contributed by atoms with Crippen molar-refractivity contribution in [1.29, 1.82) is 5.26 Å². The number of rotatable bonds is 10. The second kappa shape index (κ2) is 10.6. The number of carbonyl (C=O) groups excluding carboxylic acids is 1. The number of ketones is 1. The Morgan fingerprint density at radius 2 is 2.15 bits per heavy atom. The minimum Gasteiger partial charge on any atom is -0.490 e. The molecule has 0 amide bonds. The van der Waals surface area contributed by atoms with Gasteiger partial charge in [-0.05, 0) is 82.3 Å². The van der Waals surface area contributed by atoms with E-state index in [1.807, 2.05) is 32.0 Å². The quantitative estimate of drug-likeness (QED) is 0.406. The number of nitriles is 1. The van der Waals surface area contributed by atoms with Gasteiger partial charge in [0.1, 0.15) is 17.6 Å². The summed E-state index contributed by atoms with van der Waals surface area (Å²) in [5, 5.41) is 17.4. The maximum absolute atomic E-state index is 11.1. The van der Waals surface area contributed by atoms with Crippen LogP contribution in [0.3, 0.4) is 0 Å². The fourth-order valence-electron chi connectivity index (χ4n) is 4.41. The summed E-state index contributed by atoms with van der Waals surface area (Å²) in [4.78, 5) is 15.8. The van der Waals surface area contributed by atoms with Crippen LogP contribution in [0.25, 0.3) is 22.8 Å². The number of Topliss-reactive ketones (excluding diaryl/α,β-unsaturated/α-hetero) is 1. The Bertz CT molecular complexity index is 1210. The molecular weight excluding hydrogens is 428 g/mol. The van der Waals surface area contributed by atoms with Gasteiger partial charge in [0.15, 0.2) is 0 Å². The molecule has 4 rings (SSSR count). The summed E-state index contributed by atoms with van der Waals surface area (Å²) in [5.74, 6) is 1.72. The smallest absolute Gasteiger partial charge is 0.258 e. The molecule has 176 valence electrons. The molecule has 3 aromatic rings. The van der Waals surface area contributed by atoms with E-state index >= 15 is 0 Å². The molecule has 1 heterocycles. The highest BCUT2D eigenvalue weighted by molar-refractivity contribution is 5.75. The molecule has 2 aromatic carbocycles. The van der Waals surface area contributed by atoms with Crippen molar-refractivity contribution in [3.8, 4) is 34.7 Å². The number of ether oxygens (including phenoxy) is 1. The van der Waals surface area contributed by atoms with Crippen molar-refractivity contribution < 1.29 is 14.1 Å². The number of nitrogens with zero attached hydrogens (tertiary/aromatic N) is 3. The van der Waals surface area contributed by atoms with Gasteiger partial charge in [-0.25, -0.2) is 0 Å². The van der Waals surface area contributed by atoms with Crippen molar-refractivity contribution in [2.45, 2.75) is 65.0 Å². The van der Waals surface area contributed by atoms with Crippen LogP contribution < -0.4 is 10.1 Å². The molecule has 0 aliphatic heterocycles. The Hall–Kier alpha value is -3.50. The van der Waals surface area contributed by atoms with Crippen molar-refractivity contribution >= 4 is 5.78 Å². The number of hydrogen-bond donors (Lipinski definition) is 1. The molecule has 0 radical (unpaired) electrons. The molecular formula is C27H30N4O3. The summed E-state index contributed by atoms with van der Waals surface area (Å²) in [7, 11) is 0. The Balaban J connectivity index is 1.50. The first kappa shape index (κ1) is 23.7. The molecule has 0 spiro atoms. The van der Waals surface area contributed by atoms with Crippen LogP contribution in [-0.4, -0.2) is 28.6 Å². The van der Waals surface area contributed by atoms with E-state index in [4.69, 9.17) is 9.26 Å². The third-order valence-corrected chi connectivity index (χ3v) is 5.99. The summed E-state index contributed by atoms with van der Waals surface area (Å²) in [6.07, 6.45) is 4.51. The van der Waals surface area contributed by atoms with Crippen LogP contribution in [0.15, 0.2) is 40.9 Å². The minimum absolute atomic E-state index is 0.0213. The van der Waals surface area contributed by atoms with Gasteiger partial charge in [-0.15, -0.1) is 0 Å². The molecule has 0 bridgehead atoms. The normalized spacial score (nSPS) is 14.7. The number of benzene rings is 2. The number of nitrogens with one attached hydrogen (secondary N) is 1. The first-order chi connectivity index (χ1) is 16.5. The largest absolute Gasteiger partial charge is 0.490 e. The molecule has 1 aromatic heterocycles. The van der Waals surface area contributed by atoms with Gasteiger partial charge in [-0.3, -0.25) is 0 Å². The first-order valence-electron chi connectivity index (χ1n) is 11.9. The van der Waals surface area contributed by atoms with E-state index in [9.17, 15) is 10.1 Å². The Kier molecular flexibility index (Phi) is 7.39. The van der Waals surface area contributed by atoms with Gasteiger partial charge >= 0.3 is 0 Å². The van der Waals surface area contributed by atoms with Crippen LogP contribution >= 0.6 is 0 Å². The summed E-state index contributed by atoms with van der Waals surface area (Å²) in [6.45, 7) is 6.38. The highest BCUT2D eigenvalue weighted by Gasteiger charge is 2.26. The van der Waals surface area contributed by atoms with Gasteiger partial charge in [0, 0.05) is 23.6 Å². The van der Waals surface area contributed by atoms with Gasteiger partial charge in [0.25, 0.3) is 5.89 Å². The second-order valence-electron chi connectivity index (χ2n) is 8.99. The summed E-state index contributed by atoms with van der Waals surface area (Å²) in [6, 6.07) is 14.0. The van der Waals surface area contributed by atoms with E-state index in [0.29, 0.717) is 41.1 Å². The van der Waals surface area contributed by atoms with E-state index in [2.05, 4.69) is 27.6 Å². The monoisotopic (exact) mass is 458 g/mol. The maximum Gasteiger partial charge on any atom is 0.258 e. The van der Waals surface area contributed by atoms with Crippen LogP contribution in [-0.2, 0) is 11.2 Å². The number of aromatic nitrogens is 2. The molecule has 1 atom stereocenters. The fraction of sp³-hybridized carbons (Fsp3) is 0.407. The van der Waals surface area contributed by atoms with E-state index in [-0.39, 0.29) is 11.9 Å². The molecule has 7 nitrogen and oxygen atoms in total. The zero-order chi connectivity index (χ0) is 24.1. The van der Waals surface area contributed by atoms with Crippen molar-refractivity contribution in [2.24, 2.45) is 0 Å². The maximum atomic E-state index is 11.1. The van der Waals surface area contributed by atoms with Crippen LogP contribution in [0.4, 0.5) is 0 Å². The van der Waals surface area contributed by atoms with Crippen LogP contribution in [0.5, 0.6) is 5.75 Å². The summed E-state index contributed by atoms with van der Waals surface area (Å²) in [5.41, 5.74) is 4.62. The van der Waals surface area contributed by atoms with Crippen molar-refractivity contribution in [3.05, 3.63) is 53.1 Å². The Morgan fingerprint density at radius 3 is 2.91 bits per heavy atom. The predicted molar refractivity (Wildman–Crippen MR) is 129 cm³/mol. The van der Waals surface area contributed by atoms with Crippen LogP contribution in [0, 0.1) is 11.3 Å². The average Bonchev–Trinajstić information content (AvgIpc) is 3.46. The van der Waals surface area contributed by atoms with Crippen LogP contribution in [0.2, 0.25) is 0 Å². The molecule has 1 unspecified atom stereocenters. The van der Waals surface area contributed by atoms with Gasteiger partial charge in [-0.2, -0.15) is 10.2 Å². The molecule has 0 fully saturated rings. The van der Waals surface area contributed by atoms with E-state index in [0.717, 1.165) is 37.8 Å². The summed E-state index contributed by atoms with van der Waals surface area (Å²) < 4.78 is 11.3. The molecule has 0 saturated heterocycles. The molecule has 1 aliphatic carbocycles. The molecule has 1 aliphatic rings. The van der Waals surface area contributed by atoms with E-state index in [1.165, 1.54) is 11.1 Å². The molecule has 34 heavy (non-hydrogen) atoms. The standard InChI is InChI=1S/C27H30N4O3/c1-17(2)33-25-13-10-19(15-20(25)16-28)27-30-26(31-34-27)23-9-6-8-22-21(23)11-12-24(22)29-14-5-4-7-18(3)32/h6,8-10,13,15,17,24,29H,4-5,7,11-12,14H2,1-3H3. The fourth-order valence-corrected chi connectivity index (χ4v) is 4.41. The Morgan fingerprint density at radius 1 is 1.29 bits per heavy atom. The zero-order valence-corrected chi connectivity index (χ0v) is 19.9. The molecule has 0 saturated carbocycles. The second-order valence-corrected chi connectivity index (χ2v) is 8.99. The number of carbonyl (C=O) groups is 1. The third kappa shape index (κ3) is 5.35. The molecule has 1 N–H and O–H groups in total. The number of hydrogen-bond acceptors (Lipinski definition) is 7. The minimum atomic E-state index is -0.0213. The Labute approximate surface area is 200 Å². The number of fused-ring (bicyclic) bond motifs is 1. The lowest BCUT2D eigenvalue weighted by molar-refractivity contribution is -0.117. The van der Waals surface area contributed by atoms with Crippen molar-refractivity contribution in [1.82, 2.24) is 15.5 Å². The lowest BCUT2D eigenvalue weighted by Gasteiger charge is -2.14. The van der Waals surface area contributed by atoms with Crippen LogP contribution in [0.1, 0.15) is 69.2 Å². The average molecular weight is 459 g/mol. The highest BCUT2D eigenvalue weighted by Crippen LogP contribution is 2.37. The van der Waals surface area contributed by atoms with Crippen molar-refractivity contribution in [2.75, 3.05) is 6.54 Å². The topological polar surface area (TPSA) is 101 Å².